The van der Waals surface area contributed by atoms with E-state index in [1.807, 2.05) is 14.1 Å². The first-order valence-corrected chi connectivity index (χ1v) is 13.4. The molecule has 2 aromatic rings. The molecule has 2 aliphatic heterocycles. The van der Waals surface area contributed by atoms with Gasteiger partial charge >= 0.3 is 0 Å². The summed E-state index contributed by atoms with van der Waals surface area (Å²) in [6.45, 7) is 0.829. The van der Waals surface area contributed by atoms with Gasteiger partial charge in [0.05, 0.1) is 32.3 Å². The first kappa shape index (κ1) is 28.1. The number of fused-ring (bicyclic) bond motifs is 1. The second-order valence-electron chi connectivity index (χ2n) is 9.45. The van der Waals surface area contributed by atoms with Crippen molar-refractivity contribution >= 4 is 51.9 Å². The van der Waals surface area contributed by atoms with Crippen molar-refractivity contribution < 1.29 is 33.9 Å². The number of pyridine rings is 1. The van der Waals surface area contributed by atoms with E-state index in [0.29, 0.717) is 41.0 Å². The number of nitrogens with zero attached hydrogens (tertiary/aromatic N) is 5. The zero-order chi connectivity index (χ0) is 28.5. The number of quaternary nitrogens is 1. The Balaban J connectivity index is 1.47. The molecule has 208 valence electrons. The van der Waals surface area contributed by atoms with E-state index in [0.717, 1.165) is 16.4 Å². The smallest absolute Gasteiger partial charge is 0.278 e. The summed E-state index contributed by atoms with van der Waals surface area (Å²) in [5.41, 5.74) is 5.75. The number of nitrogens with one attached hydrogen (secondary N) is 2. The van der Waals surface area contributed by atoms with E-state index in [1.165, 1.54) is 31.1 Å². The molecule has 0 bridgehead atoms. The van der Waals surface area contributed by atoms with E-state index in [2.05, 4.69) is 24.8 Å². The van der Waals surface area contributed by atoms with Crippen LogP contribution in [0.1, 0.15) is 11.5 Å². The Labute approximate surface area is 230 Å². The maximum atomic E-state index is 13.0. The quantitative estimate of drug-likeness (QED) is 0.101. The fourth-order valence-corrected chi connectivity index (χ4v) is 6.05. The van der Waals surface area contributed by atoms with E-state index in [9.17, 15) is 29.4 Å². The number of aromatic amines is 1. The van der Waals surface area contributed by atoms with Gasteiger partial charge in [-0.3, -0.25) is 19.3 Å². The van der Waals surface area contributed by atoms with Gasteiger partial charge in [0.25, 0.3) is 11.8 Å². The molecule has 39 heavy (non-hydrogen) atoms. The number of oxime groups is 1. The SMILES string of the molecule is CON=C(C(=O)N[C@@H]1C(=O)N2C(C(=O)[O-])=C(C[N+](C)(C)CCc3cc(=O)c(O)c[nH]3)CS[C@@H]12)c1nsc(N)n1. The Hall–Kier alpha value is -3.96. The van der Waals surface area contributed by atoms with Gasteiger partial charge in [-0.2, -0.15) is 9.36 Å². The van der Waals surface area contributed by atoms with Crippen LogP contribution >= 0.6 is 23.3 Å². The Morgan fingerprint density at radius 2 is 2.15 bits per heavy atom. The molecule has 0 unspecified atom stereocenters. The van der Waals surface area contributed by atoms with Gasteiger partial charge in [-0.1, -0.05) is 5.16 Å². The van der Waals surface area contributed by atoms with Crippen molar-refractivity contribution in [3.63, 3.8) is 0 Å². The number of carboxylic acid groups (broad SMARTS) is 1. The summed E-state index contributed by atoms with van der Waals surface area (Å²) in [5, 5.41) is 27.2. The average Bonchev–Trinajstić information content (AvgIpc) is 3.31. The number of carboxylic acids is 1. The summed E-state index contributed by atoms with van der Waals surface area (Å²) in [5.74, 6) is -3.00. The predicted molar refractivity (Wildman–Crippen MR) is 139 cm³/mol. The number of H-pyrrole nitrogens is 1. The number of carbonyl (C=O) groups is 3. The van der Waals surface area contributed by atoms with Gasteiger partial charge in [-0.15, -0.1) is 11.8 Å². The molecule has 1 fully saturated rings. The average molecular weight is 579 g/mol. The van der Waals surface area contributed by atoms with Crippen LogP contribution < -0.4 is 21.6 Å². The number of aromatic nitrogens is 3. The topological polar surface area (TPSA) is 216 Å². The van der Waals surface area contributed by atoms with Gasteiger partial charge in [0.2, 0.25) is 17.0 Å². The maximum Gasteiger partial charge on any atom is 0.278 e. The molecule has 4 rings (SSSR count). The van der Waals surface area contributed by atoms with Gasteiger partial charge in [0.1, 0.15) is 25.1 Å². The lowest BCUT2D eigenvalue weighted by molar-refractivity contribution is -0.885. The third-order valence-electron chi connectivity index (χ3n) is 6.14. The third-order valence-corrected chi connectivity index (χ3v) is 8.02. The van der Waals surface area contributed by atoms with Crippen LogP contribution in [0.15, 0.2) is 33.5 Å². The van der Waals surface area contributed by atoms with Crippen molar-refractivity contribution in [3.05, 3.63) is 45.3 Å². The van der Waals surface area contributed by atoms with E-state index in [4.69, 9.17) is 10.6 Å². The lowest BCUT2D eigenvalue weighted by atomic mass is 10.0. The summed E-state index contributed by atoms with van der Waals surface area (Å²) in [6.07, 6.45) is 1.69. The monoisotopic (exact) mass is 578 g/mol. The number of carbonyl (C=O) groups excluding carboxylic acids is 3. The summed E-state index contributed by atoms with van der Waals surface area (Å²) >= 11 is 2.18. The number of amides is 2. The molecule has 2 amide bonds. The number of hydrogen-bond donors (Lipinski definition) is 4. The highest BCUT2D eigenvalue weighted by atomic mass is 32.2. The van der Waals surface area contributed by atoms with Gasteiger partial charge < -0.3 is 40.4 Å². The van der Waals surface area contributed by atoms with Crippen LogP contribution in [0.3, 0.4) is 0 Å². The number of aliphatic carboxylic acids is 1. The van der Waals surface area contributed by atoms with Crippen LogP contribution in [0.5, 0.6) is 5.75 Å². The van der Waals surface area contributed by atoms with Crippen molar-refractivity contribution in [3.8, 4) is 5.75 Å². The Morgan fingerprint density at radius 1 is 1.41 bits per heavy atom. The van der Waals surface area contributed by atoms with Crippen LogP contribution in [0, 0.1) is 0 Å². The highest BCUT2D eigenvalue weighted by Gasteiger charge is 2.53. The van der Waals surface area contributed by atoms with Gasteiger partial charge in [-0.25, -0.2) is 0 Å². The number of likely N-dealkylation sites (N-methyl/N-ethyl adjacent to an activating group) is 1. The number of hydrogen-bond acceptors (Lipinski definition) is 13. The highest BCUT2D eigenvalue weighted by molar-refractivity contribution is 8.00. The molecule has 15 nitrogen and oxygen atoms in total. The number of β-lactam (4-membered cyclic amide) rings is 1. The lowest BCUT2D eigenvalue weighted by Crippen LogP contribution is -2.71. The lowest BCUT2D eigenvalue weighted by Gasteiger charge is -2.51. The standard InChI is InChI=1S/C22H26N8O7S2/c1-30(2,5-4-11-6-12(31)13(32)7-24-11)8-10-9-38-20-15(19(34)29(20)16(10)21(35)36)25-18(33)14(27-37-3)17-26-22(23)39-28-17/h6-7,15,20H,4-5,8-9H2,1-3H3,(H5-,23,24,25,26,27,28,31,32,33,35,36)/t15-,20+/m1/s1. The molecule has 2 aliphatic rings. The molecule has 5 N–H and O–H groups in total. The fourth-order valence-electron chi connectivity index (χ4n) is 4.28. The van der Waals surface area contributed by atoms with Crippen molar-refractivity contribution in [1.29, 1.82) is 0 Å². The number of rotatable bonds is 10. The molecule has 2 aromatic heterocycles. The first-order chi connectivity index (χ1) is 18.4. The van der Waals surface area contributed by atoms with Crippen LogP contribution in [0.4, 0.5) is 5.13 Å². The third kappa shape index (κ3) is 5.89. The zero-order valence-electron chi connectivity index (χ0n) is 21.2. The van der Waals surface area contributed by atoms with E-state index >= 15 is 0 Å². The molecule has 4 heterocycles. The van der Waals surface area contributed by atoms with Crippen LogP contribution in [0.25, 0.3) is 0 Å². The van der Waals surface area contributed by atoms with Crippen molar-refractivity contribution in [2.45, 2.75) is 17.8 Å². The molecule has 1 saturated heterocycles. The summed E-state index contributed by atoms with van der Waals surface area (Å²) in [4.78, 5) is 62.4. The van der Waals surface area contributed by atoms with Crippen molar-refractivity contribution in [1.82, 2.24) is 24.6 Å². The number of thioether (sulfide) groups is 1. The second-order valence-corrected chi connectivity index (χ2v) is 11.3. The Bertz CT molecular complexity index is 1430. The minimum Gasteiger partial charge on any atom is -0.543 e. The minimum absolute atomic E-state index is 0.0641. The minimum atomic E-state index is -1.49. The Kier molecular flexibility index (Phi) is 7.94. The zero-order valence-corrected chi connectivity index (χ0v) is 22.8. The second kappa shape index (κ2) is 11.0. The van der Waals surface area contributed by atoms with E-state index < -0.39 is 34.6 Å². The normalized spacial score (nSPS) is 19.4. The molecule has 17 heteroatoms. The Morgan fingerprint density at radius 3 is 2.77 bits per heavy atom. The summed E-state index contributed by atoms with van der Waals surface area (Å²) < 4.78 is 4.29. The largest absolute Gasteiger partial charge is 0.543 e. The maximum absolute atomic E-state index is 13.0. The number of anilines is 1. The van der Waals surface area contributed by atoms with E-state index in [-0.39, 0.29) is 28.1 Å². The van der Waals surface area contributed by atoms with Gasteiger partial charge in [-0.05, 0) is 0 Å². The molecule has 0 aliphatic carbocycles. The summed E-state index contributed by atoms with van der Waals surface area (Å²) in [7, 11) is 5.02. The molecular formula is C22H26N8O7S2. The molecule has 0 spiro atoms. The molecular weight excluding hydrogens is 552 g/mol. The predicted octanol–water partition coefficient (Wildman–Crippen LogP) is -2.41. The molecule has 2 atom stereocenters. The van der Waals surface area contributed by atoms with Crippen molar-refractivity contribution in [2.75, 3.05) is 45.8 Å². The van der Waals surface area contributed by atoms with Crippen molar-refractivity contribution in [2.24, 2.45) is 5.16 Å². The number of nitrogens with two attached hydrogens (primary N) is 1. The summed E-state index contributed by atoms with van der Waals surface area (Å²) in [6, 6.07) is 0.308. The first-order valence-electron chi connectivity index (χ1n) is 11.5. The van der Waals surface area contributed by atoms with Crippen LogP contribution in [-0.4, -0.2) is 104 Å². The van der Waals surface area contributed by atoms with Gasteiger partial charge in [0.15, 0.2) is 10.9 Å². The number of nitrogen functional groups attached to an aromatic ring is 1. The van der Waals surface area contributed by atoms with Crippen LogP contribution in [-0.2, 0) is 25.6 Å². The molecule has 0 aromatic carbocycles. The fraction of sp³-hybridized carbons (Fsp3) is 0.409. The number of aromatic hydroxyl groups is 1. The molecule has 0 saturated carbocycles. The van der Waals surface area contributed by atoms with E-state index in [1.54, 1.807) is 0 Å². The van der Waals surface area contributed by atoms with Gasteiger partial charge in [0, 0.05) is 47.2 Å². The molecule has 0 radical (unpaired) electrons. The highest BCUT2D eigenvalue weighted by Crippen LogP contribution is 2.40. The van der Waals surface area contributed by atoms with Crippen LogP contribution in [0.2, 0.25) is 0 Å².